The van der Waals surface area contributed by atoms with Crippen LogP contribution in [0, 0.1) is 0 Å². The number of nitrogens with zero attached hydrogens (tertiary/aromatic N) is 3. The molecule has 2 aliphatic rings. The molecule has 2 aliphatic heterocycles. The van der Waals surface area contributed by atoms with Crippen LogP contribution in [0.2, 0.25) is 0 Å². The average molecular weight is 475 g/mol. The molecule has 1 atom stereocenters. The van der Waals surface area contributed by atoms with Crippen LogP contribution in [0.15, 0.2) is 52.0 Å². The minimum Gasteiger partial charge on any atom is -0.468 e. The fourth-order valence-corrected chi connectivity index (χ4v) is 5.89. The number of nitrogens with one attached hydrogen (secondary N) is 1. The number of sulfonamides is 1. The second-order valence-electron chi connectivity index (χ2n) is 8.42. The van der Waals surface area contributed by atoms with Crippen molar-refractivity contribution in [3.63, 3.8) is 0 Å². The zero-order chi connectivity index (χ0) is 23.4. The van der Waals surface area contributed by atoms with Crippen molar-refractivity contribution in [2.75, 3.05) is 45.8 Å². The Kier molecular flexibility index (Phi) is 7.16. The zero-order valence-electron chi connectivity index (χ0n) is 18.8. The summed E-state index contributed by atoms with van der Waals surface area (Å²) in [5, 5.41) is 2.95. The van der Waals surface area contributed by atoms with E-state index in [1.807, 2.05) is 12.1 Å². The predicted molar refractivity (Wildman–Crippen MR) is 122 cm³/mol. The maximum absolute atomic E-state index is 13.1. The molecule has 0 spiro atoms. The average Bonchev–Trinajstić information content (AvgIpc) is 3.54. The van der Waals surface area contributed by atoms with Gasteiger partial charge >= 0.3 is 0 Å². The van der Waals surface area contributed by atoms with Crippen molar-refractivity contribution in [2.24, 2.45) is 0 Å². The second kappa shape index (κ2) is 10.1. The van der Waals surface area contributed by atoms with Gasteiger partial charge in [0.05, 0.1) is 17.2 Å². The van der Waals surface area contributed by atoms with Crippen LogP contribution in [0.4, 0.5) is 0 Å². The number of carbonyl (C=O) groups is 2. The Morgan fingerprint density at radius 3 is 2.39 bits per heavy atom. The zero-order valence-corrected chi connectivity index (χ0v) is 19.6. The summed E-state index contributed by atoms with van der Waals surface area (Å²) < 4.78 is 33.2. The molecule has 0 saturated carbocycles. The van der Waals surface area contributed by atoms with Crippen molar-refractivity contribution in [1.82, 2.24) is 19.4 Å². The molecule has 178 valence electrons. The van der Waals surface area contributed by atoms with Crippen molar-refractivity contribution >= 4 is 21.8 Å². The minimum absolute atomic E-state index is 0.0593. The van der Waals surface area contributed by atoms with Gasteiger partial charge in [-0.15, -0.1) is 0 Å². The number of benzene rings is 1. The Morgan fingerprint density at radius 2 is 1.76 bits per heavy atom. The van der Waals surface area contributed by atoms with E-state index in [9.17, 15) is 18.0 Å². The molecule has 4 rings (SSSR count). The third-order valence-electron chi connectivity index (χ3n) is 6.33. The predicted octanol–water partition coefficient (Wildman–Crippen LogP) is 1.70. The molecule has 0 aliphatic carbocycles. The maximum Gasteiger partial charge on any atom is 0.251 e. The Bertz CT molecular complexity index is 1070. The van der Waals surface area contributed by atoms with Gasteiger partial charge in [0.25, 0.3) is 5.91 Å². The minimum atomic E-state index is -3.75. The van der Waals surface area contributed by atoms with E-state index in [4.69, 9.17) is 4.42 Å². The molecular weight excluding hydrogens is 444 g/mol. The van der Waals surface area contributed by atoms with Crippen molar-refractivity contribution in [3.8, 4) is 0 Å². The molecule has 0 radical (unpaired) electrons. The van der Waals surface area contributed by atoms with E-state index in [1.165, 1.54) is 23.4 Å². The number of amides is 2. The lowest BCUT2D eigenvalue weighted by atomic mass is 10.1. The molecule has 2 amide bonds. The van der Waals surface area contributed by atoms with Crippen molar-refractivity contribution in [2.45, 2.75) is 30.7 Å². The lowest BCUT2D eigenvalue weighted by Crippen LogP contribution is -2.49. The van der Waals surface area contributed by atoms with Crippen molar-refractivity contribution in [3.05, 3.63) is 54.0 Å². The topological polar surface area (TPSA) is 103 Å². The number of likely N-dealkylation sites (tertiary alicyclic amines) is 1. The van der Waals surface area contributed by atoms with Crippen molar-refractivity contribution < 1.29 is 22.4 Å². The standard InChI is InChI=1S/C23H30N4O5S/c1-18(28)25-11-13-27(14-12-25)33(30,31)20-7-4-6-19(16-20)23(29)24-17-21(22-8-5-15-32-22)26-9-2-3-10-26/h4-8,15-16,21H,2-3,9-14,17H2,1H3,(H,24,29). The van der Waals surface area contributed by atoms with E-state index in [1.54, 1.807) is 23.3 Å². The molecule has 2 saturated heterocycles. The van der Waals surface area contributed by atoms with E-state index in [0.717, 1.165) is 31.7 Å². The van der Waals surface area contributed by atoms with E-state index in [2.05, 4.69) is 10.2 Å². The van der Waals surface area contributed by atoms with Gasteiger partial charge in [-0.2, -0.15) is 4.31 Å². The number of furan rings is 1. The van der Waals surface area contributed by atoms with Crippen LogP contribution >= 0.6 is 0 Å². The number of hydrogen-bond donors (Lipinski definition) is 1. The smallest absolute Gasteiger partial charge is 0.251 e. The van der Waals surface area contributed by atoms with Crippen LogP contribution in [0.5, 0.6) is 0 Å². The van der Waals surface area contributed by atoms with Gasteiger partial charge in [-0.1, -0.05) is 6.07 Å². The lowest BCUT2D eigenvalue weighted by molar-refractivity contribution is -0.129. The van der Waals surface area contributed by atoms with Crippen LogP contribution in [0.3, 0.4) is 0 Å². The first kappa shape index (κ1) is 23.5. The molecule has 9 nitrogen and oxygen atoms in total. The quantitative estimate of drug-likeness (QED) is 0.655. The summed E-state index contributed by atoms with van der Waals surface area (Å²) in [5.74, 6) is 0.412. The highest BCUT2D eigenvalue weighted by Crippen LogP contribution is 2.25. The Labute approximate surface area is 194 Å². The highest BCUT2D eigenvalue weighted by atomic mass is 32.2. The van der Waals surface area contributed by atoms with Gasteiger partial charge < -0.3 is 14.6 Å². The third-order valence-corrected chi connectivity index (χ3v) is 8.22. The number of piperazine rings is 1. The summed E-state index contributed by atoms with van der Waals surface area (Å²) in [4.78, 5) is 28.4. The Balaban J connectivity index is 1.43. The van der Waals surface area contributed by atoms with Crippen LogP contribution < -0.4 is 5.32 Å². The molecule has 10 heteroatoms. The fraction of sp³-hybridized carbons (Fsp3) is 0.478. The highest BCUT2D eigenvalue weighted by Gasteiger charge is 2.30. The number of rotatable bonds is 7. The largest absolute Gasteiger partial charge is 0.468 e. The van der Waals surface area contributed by atoms with Crippen LogP contribution in [0.25, 0.3) is 0 Å². The van der Waals surface area contributed by atoms with Gasteiger partial charge in [-0.3, -0.25) is 14.5 Å². The van der Waals surface area contributed by atoms with Crippen LogP contribution in [0.1, 0.15) is 41.9 Å². The number of hydrogen-bond acceptors (Lipinski definition) is 6. The van der Waals surface area contributed by atoms with Gasteiger partial charge in [-0.05, 0) is 56.3 Å². The van der Waals surface area contributed by atoms with E-state index in [0.29, 0.717) is 19.6 Å². The third kappa shape index (κ3) is 5.29. The molecule has 2 fully saturated rings. The first-order valence-electron chi connectivity index (χ1n) is 11.3. The van der Waals surface area contributed by atoms with Gasteiger partial charge in [-0.25, -0.2) is 8.42 Å². The molecule has 2 aromatic rings. The van der Waals surface area contributed by atoms with Gasteiger partial charge in [0.15, 0.2) is 0 Å². The molecule has 1 N–H and O–H groups in total. The second-order valence-corrected chi connectivity index (χ2v) is 10.4. The molecule has 33 heavy (non-hydrogen) atoms. The van der Waals surface area contributed by atoms with E-state index in [-0.39, 0.29) is 41.4 Å². The van der Waals surface area contributed by atoms with Gasteiger partial charge in [0, 0.05) is 45.2 Å². The van der Waals surface area contributed by atoms with E-state index >= 15 is 0 Å². The molecule has 1 aromatic heterocycles. The lowest BCUT2D eigenvalue weighted by Gasteiger charge is -2.33. The van der Waals surface area contributed by atoms with Crippen LogP contribution in [-0.2, 0) is 14.8 Å². The monoisotopic (exact) mass is 474 g/mol. The summed E-state index contributed by atoms with van der Waals surface area (Å²) in [6.45, 7) is 4.94. The fourth-order valence-electron chi connectivity index (χ4n) is 4.43. The van der Waals surface area contributed by atoms with Crippen LogP contribution in [-0.4, -0.2) is 80.2 Å². The Morgan fingerprint density at radius 1 is 1.03 bits per heavy atom. The van der Waals surface area contributed by atoms with Gasteiger partial charge in [0.2, 0.25) is 15.9 Å². The molecule has 1 aromatic carbocycles. The van der Waals surface area contributed by atoms with Crippen molar-refractivity contribution in [1.29, 1.82) is 0 Å². The number of carbonyl (C=O) groups excluding carboxylic acids is 2. The molecule has 3 heterocycles. The maximum atomic E-state index is 13.1. The summed E-state index contributed by atoms with van der Waals surface area (Å²) >= 11 is 0. The van der Waals surface area contributed by atoms with E-state index < -0.39 is 10.0 Å². The normalized spacial score (nSPS) is 18.9. The molecular formula is C23H30N4O5S. The summed E-state index contributed by atoms with van der Waals surface area (Å²) in [6, 6.07) is 9.80. The summed E-state index contributed by atoms with van der Waals surface area (Å²) in [7, 11) is -3.75. The molecule has 0 bridgehead atoms. The SMILES string of the molecule is CC(=O)N1CCN(S(=O)(=O)c2cccc(C(=O)NCC(c3ccco3)N3CCCC3)c2)CC1. The summed E-state index contributed by atoms with van der Waals surface area (Å²) in [6.07, 6.45) is 3.86. The first-order chi connectivity index (χ1) is 15.9. The first-order valence-corrected chi connectivity index (χ1v) is 12.7. The summed E-state index contributed by atoms with van der Waals surface area (Å²) in [5.41, 5.74) is 0.290. The highest BCUT2D eigenvalue weighted by molar-refractivity contribution is 7.89. The van der Waals surface area contributed by atoms with Gasteiger partial charge in [0.1, 0.15) is 5.76 Å². The molecule has 1 unspecified atom stereocenters. The Hall–Kier alpha value is -2.69.